The van der Waals surface area contributed by atoms with Crippen LogP contribution in [0.2, 0.25) is 0 Å². The lowest BCUT2D eigenvalue weighted by Crippen LogP contribution is -2.28. The highest BCUT2D eigenvalue weighted by molar-refractivity contribution is 9.10. The number of rotatable bonds is 9. The minimum Gasteiger partial charge on any atom is -0.492 e. The number of hydrogen-bond acceptors (Lipinski definition) is 5. The quantitative estimate of drug-likeness (QED) is 0.443. The molecule has 0 spiro atoms. The number of hydrogen-bond donors (Lipinski definition) is 2. The van der Waals surface area contributed by atoms with Gasteiger partial charge in [0.1, 0.15) is 12.4 Å². The van der Waals surface area contributed by atoms with Crippen molar-refractivity contribution in [2.24, 2.45) is 0 Å². The van der Waals surface area contributed by atoms with Gasteiger partial charge in [0.15, 0.2) is 0 Å². The number of halogens is 1. The highest BCUT2D eigenvalue weighted by Gasteiger charge is 2.15. The summed E-state index contributed by atoms with van der Waals surface area (Å²) in [6.45, 7) is 0.884. The van der Waals surface area contributed by atoms with Crippen molar-refractivity contribution in [3.63, 3.8) is 0 Å². The molecule has 0 saturated heterocycles. The number of sulfonamides is 1. The summed E-state index contributed by atoms with van der Waals surface area (Å²) in [5, 5.41) is 4.64. The fourth-order valence-corrected chi connectivity index (χ4v) is 4.56. The van der Waals surface area contributed by atoms with Crippen molar-refractivity contribution in [2.45, 2.75) is 11.4 Å². The maximum absolute atomic E-state index is 12.4. The summed E-state index contributed by atoms with van der Waals surface area (Å²) in [6, 6.07) is 17.0. The molecule has 6 nitrogen and oxygen atoms in total. The van der Waals surface area contributed by atoms with Crippen molar-refractivity contribution in [1.29, 1.82) is 0 Å². The van der Waals surface area contributed by atoms with Gasteiger partial charge in [-0.2, -0.15) is 0 Å². The van der Waals surface area contributed by atoms with Crippen LogP contribution >= 0.6 is 27.3 Å². The number of benzene rings is 2. The van der Waals surface area contributed by atoms with Crippen LogP contribution in [0.5, 0.6) is 5.75 Å². The molecule has 0 aliphatic heterocycles. The van der Waals surface area contributed by atoms with Crippen molar-refractivity contribution in [3.05, 3.63) is 81.0 Å². The Morgan fingerprint density at radius 1 is 1.07 bits per heavy atom. The van der Waals surface area contributed by atoms with E-state index >= 15 is 0 Å². The third kappa shape index (κ3) is 6.40. The zero-order valence-corrected chi connectivity index (χ0v) is 18.5. The van der Waals surface area contributed by atoms with E-state index in [1.807, 2.05) is 41.8 Å². The van der Waals surface area contributed by atoms with E-state index in [0.29, 0.717) is 24.5 Å². The Morgan fingerprint density at radius 2 is 1.86 bits per heavy atom. The van der Waals surface area contributed by atoms with Gasteiger partial charge in [-0.05, 0) is 53.9 Å². The molecule has 0 atom stereocenters. The number of carbonyl (C=O) groups is 1. The third-order valence-corrected chi connectivity index (χ3v) is 6.68. The molecule has 0 aliphatic carbocycles. The lowest BCUT2D eigenvalue weighted by molar-refractivity contribution is 0.0947. The molecule has 29 heavy (non-hydrogen) atoms. The molecule has 1 amide bonds. The summed E-state index contributed by atoms with van der Waals surface area (Å²) in [5.74, 6) is 0.413. The van der Waals surface area contributed by atoms with Gasteiger partial charge in [0.25, 0.3) is 5.91 Å². The van der Waals surface area contributed by atoms with Crippen LogP contribution in [0.25, 0.3) is 0 Å². The van der Waals surface area contributed by atoms with E-state index in [2.05, 4.69) is 26.0 Å². The van der Waals surface area contributed by atoms with E-state index in [0.717, 1.165) is 9.35 Å². The summed E-state index contributed by atoms with van der Waals surface area (Å²) < 4.78 is 33.7. The van der Waals surface area contributed by atoms with Crippen molar-refractivity contribution in [2.75, 3.05) is 13.2 Å². The lowest BCUT2D eigenvalue weighted by atomic mass is 10.2. The Hall–Kier alpha value is -2.20. The predicted molar refractivity (Wildman–Crippen MR) is 117 cm³/mol. The second-order valence-corrected chi connectivity index (χ2v) is 9.70. The van der Waals surface area contributed by atoms with Crippen molar-refractivity contribution in [3.8, 4) is 5.75 Å². The van der Waals surface area contributed by atoms with Crippen LogP contribution in [0.1, 0.15) is 15.2 Å². The van der Waals surface area contributed by atoms with Crippen LogP contribution in [-0.2, 0) is 16.6 Å². The number of ether oxygens (including phenoxy) is 1. The second-order valence-electron chi connectivity index (χ2n) is 5.99. The molecule has 2 aromatic carbocycles. The maximum Gasteiger partial charge on any atom is 0.251 e. The summed E-state index contributed by atoms with van der Waals surface area (Å²) in [4.78, 5) is 13.3. The Balaban J connectivity index is 1.49. The fourth-order valence-electron chi connectivity index (χ4n) is 2.44. The topological polar surface area (TPSA) is 84.5 Å². The molecule has 0 unspecified atom stereocenters. The monoisotopic (exact) mass is 494 g/mol. The summed E-state index contributed by atoms with van der Waals surface area (Å²) in [7, 11) is -3.63. The molecule has 3 rings (SSSR count). The predicted octanol–water partition coefficient (Wildman–Crippen LogP) is 3.80. The first-order valence-corrected chi connectivity index (χ1v) is 11.9. The Bertz CT molecular complexity index is 1050. The standard InChI is InChI=1S/C20H19BrN2O4S2/c21-16-3-1-4-17(13-16)27-11-10-22-20(24)15-6-8-19(9-7-15)29(25,26)23-14-18-5-2-12-28-18/h1-9,12-13,23H,10-11,14H2,(H,22,24). The highest BCUT2D eigenvalue weighted by atomic mass is 79.9. The molecule has 0 aliphatic rings. The summed E-state index contributed by atoms with van der Waals surface area (Å²) in [5.41, 5.74) is 0.379. The molecule has 3 aromatic rings. The molecule has 1 heterocycles. The first-order valence-electron chi connectivity index (χ1n) is 8.73. The maximum atomic E-state index is 12.4. The normalized spacial score (nSPS) is 11.2. The average molecular weight is 495 g/mol. The molecular weight excluding hydrogens is 476 g/mol. The van der Waals surface area contributed by atoms with Crippen LogP contribution in [0.15, 0.2) is 75.4 Å². The lowest BCUT2D eigenvalue weighted by Gasteiger charge is -2.09. The van der Waals surface area contributed by atoms with E-state index in [9.17, 15) is 13.2 Å². The summed E-state index contributed by atoms with van der Waals surface area (Å²) >= 11 is 4.85. The van der Waals surface area contributed by atoms with Crippen molar-refractivity contribution >= 4 is 43.2 Å². The molecule has 0 fully saturated rings. The van der Waals surface area contributed by atoms with Crippen molar-refractivity contribution < 1.29 is 17.9 Å². The number of amides is 1. The Morgan fingerprint density at radius 3 is 2.55 bits per heavy atom. The molecule has 152 valence electrons. The number of nitrogens with one attached hydrogen (secondary N) is 2. The van der Waals surface area contributed by atoms with E-state index in [-0.39, 0.29) is 17.3 Å². The van der Waals surface area contributed by atoms with Crippen LogP contribution in [-0.4, -0.2) is 27.5 Å². The van der Waals surface area contributed by atoms with Crippen molar-refractivity contribution in [1.82, 2.24) is 10.0 Å². The molecular formula is C20H19BrN2O4S2. The van der Waals surface area contributed by atoms with Crippen LogP contribution < -0.4 is 14.8 Å². The fraction of sp³-hybridized carbons (Fsp3) is 0.150. The second kappa shape index (κ2) is 10.0. The smallest absolute Gasteiger partial charge is 0.251 e. The number of carbonyl (C=O) groups excluding carboxylic acids is 1. The van der Waals surface area contributed by atoms with Gasteiger partial charge < -0.3 is 10.1 Å². The zero-order chi connectivity index (χ0) is 20.7. The van der Waals surface area contributed by atoms with Crippen LogP contribution in [0.3, 0.4) is 0 Å². The van der Waals surface area contributed by atoms with Gasteiger partial charge in [-0.3, -0.25) is 4.79 Å². The first kappa shape index (κ1) is 21.5. The SMILES string of the molecule is O=C(NCCOc1cccc(Br)c1)c1ccc(S(=O)(=O)NCc2cccs2)cc1. The molecule has 0 radical (unpaired) electrons. The van der Waals surface area contributed by atoms with Crippen LogP contribution in [0, 0.1) is 0 Å². The third-order valence-electron chi connectivity index (χ3n) is 3.90. The van der Waals surface area contributed by atoms with Gasteiger partial charge in [-0.15, -0.1) is 11.3 Å². The van der Waals surface area contributed by atoms with Gasteiger partial charge in [-0.25, -0.2) is 13.1 Å². The Labute approximate surface area is 182 Å². The van der Waals surface area contributed by atoms with Crippen LogP contribution in [0.4, 0.5) is 0 Å². The Kier molecular flexibility index (Phi) is 7.43. The molecule has 0 saturated carbocycles. The highest BCUT2D eigenvalue weighted by Crippen LogP contribution is 2.17. The minimum atomic E-state index is -3.63. The van der Waals surface area contributed by atoms with Gasteiger partial charge in [0.05, 0.1) is 11.4 Å². The van der Waals surface area contributed by atoms with E-state index in [1.54, 1.807) is 0 Å². The van der Waals surface area contributed by atoms with Gasteiger partial charge >= 0.3 is 0 Å². The first-order chi connectivity index (χ1) is 13.9. The van der Waals surface area contributed by atoms with Gasteiger partial charge in [0.2, 0.25) is 10.0 Å². The largest absolute Gasteiger partial charge is 0.492 e. The zero-order valence-electron chi connectivity index (χ0n) is 15.3. The van der Waals surface area contributed by atoms with E-state index < -0.39 is 10.0 Å². The molecule has 0 bridgehead atoms. The molecule has 2 N–H and O–H groups in total. The van der Waals surface area contributed by atoms with Gasteiger partial charge in [0, 0.05) is 21.5 Å². The average Bonchev–Trinajstić information content (AvgIpc) is 3.24. The molecule has 1 aromatic heterocycles. The molecule has 9 heteroatoms. The van der Waals surface area contributed by atoms with E-state index in [4.69, 9.17) is 4.74 Å². The minimum absolute atomic E-state index is 0.114. The number of thiophene rings is 1. The summed E-state index contributed by atoms with van der Waals surface area (Å²) in [6.07, 6.45) is 0. The van der Waals surface area contributed by atoms with Gasteiger partial charge in [-0.1, -0.05) is 28.1 Å². The van der Waals surface area contributed by atoms with E-state index in [1.165, 1.54) is 35.6 Å².